The van der Waals surface area contributed by atoms with Crippen LogP contribution in [0.25, 0.3) is 53.8 Å². The van der Waals surface area contributed by atoms with Gasteiger partial charge in [-0.05, 0) is 35.2 Å². The Hall–Kier alpha value is -3.95. The molecule has 0 aliphatic carbocycles. The molecule has 0 N–H and O–H groups in total. The Labute approximate surface area is 246 Å². The van der Waals surface area contributed by atoms with E-state index in [1.54, 1.807) is 6.20 Å². The topological polar surface area (TPSA) is 25.8 Å². The summed E-state index contributed by atoms with van der Waals surface area (Å²) in [6.45, 7) is 2.07. The van der Waals surface area contributed by atoms with Crippen LogP contribution in [0.2, 0.25) is 0 Å². The summed E-state index contributed by atoms with van der Waals surface area (Å²) in [6, 6.07) is 45.9. The molecule has 0 spiro atoms. The second-order valence-corrected chi connectivity index (χ2v) is 10.0. The zero-order chi connectivity index (χ0) is 25.7. The maximum Gasteiger partial charge on any atom is 0.0417 e. The smallest absolute Gasteiger partial charge is 0.0417 e. The maximum absolute atomic E-state index is 4.45. The van der Waals surface area contributed by atoms with Crippen molar-refractivity contribution in [2.45, 2.75) is 6.92 Å². The van der Waals surface area contributed by atoms with Crippen molar-refractivity contribution >= 4 is 31.5 Å². The Morgan fingerprint density at radius 3 is 1.95 bits per heavy atom. The number of hydrogen-bond acceptors (Lipinski definition) is 3. The van der Waals surface area contributed by atoms with Crippen LogP contribution in [0.3, 0.4) is 0 Å². The van der Waals surface area contributed by atoms with Crippen molar-refractivity contribution in [3.63, 3.8) is 0 Å². The molecular weight excluding hydrogens is 673 g/mol. The molecule has 191 valence electrons. The predicted octanol–water partition coefficient (Wildman–Crippen LogP) is 9.44. The molecule has 4 aromatic carbocycles. The Bertz CT molecular complexity index is 1830. The normalized spacial score (nSPS) is 10.5. The summed E-state index contributed by atoms with van der Waals surface area (Å²) in [7, 11) is 0. The SMILES string of the molecule is Cc1cc[c-]c(-c2ccccn2)c1.[Ir].[c-]1ccc(-c2cccc3c2sc2ccccc23)cc1-c1ccccn1. The molecule has 0 aliphatic heterocycles. The zero-order valence-corrected chi connectivity index (χ0v) is 24.5. The van der Waals surface area contributed by atoms with E-state index in [9.17, 15) is 0 Å². The molecular formula is C35H24IrN2S-2. The summed E-state index contributed by atoms with van der Waals surface area (Å²) in [5.41, 5.74) is 7.72. The third-order valence-corrected chi connectivity index (χ3v) is 7.58. The number of pyridine rings is 2. The third kappa shape index (κ3) is 5.89. The average molecular weight is 697 g/mol. The zero-order valence-electron chi connectivity index (χ0n) is 21.3. The van der Waals surface area contributed by atoms with E-state index < -0.39 is 0 Å². The maximum atomic E-state index is 4.45. The van der Waals surface area contributed by atoms with Crippen molar-refractivity contribution < 1.29 is 20.1 Å². The summed E-state index contributed by atoms with van der Waals surface area (Å²) in [4.78, 5) is 8.71. The van der Waals surface area contributed by atoms with Crippen LogP contribution >= 0.6 is 11.3 Å². The Kier molecular flexibility index (Phi) is 8.39. The largest absolute Gasteiger partial charge is 0.305 e. The van der Waals surface area contributed by atoms with Gasteiger partial charge in [-0.3, -0.25) is 0 Å². The molecule has 3 heterocycles. The number of benzene rings is 4. The van der Waals surface area contributed by atoms with Crippen molar-refractivity contribution in [3.05, 3.63) is 145 Å². The summed E-state index contributed by atoms with van der Waals surface area (Å²) in [5.74, 6) is 0. The summed E-state index contributed by atoms with van der Waals surface area (Å²) in [6.07, 6.45) is 3.62. The van der Waals surface area contributed by atoms with Gasteiger partial charge in [-0.15, -0.1) is 76.6 Å². The van der Waals surface area contributed by atoms with Gasteiger partial charge in [0.25, 0.3) is 0 Å². The van der Waals surface area contributed by atoms with E-state index in [1.807, 2.05) is 72.1 Å². The molecule has 0 aliphatic rings. The third-order valence-electron chi connectivity index (χ3n) is 6.36. The second kappa shape index (κ2) is 12.3. The van der Waals surface area contributed by atoms with Gasteiger partial charge in [-0.1, -0.05) is 73.2 Å². The standard InChI is InChI=1S/C23H14NS.C12H10N.Ir/c1-2-13-22-19(9-1)20-11-6-10-18(23(20)25-22)16-7-5-8-17(15-16)21-12-3-4-14-24-21;1-10-5-4-6-11(9-10)12-7-2-3-8-13-12;/h1-7,9-15H;2-5,7-9H,1H3;/q2*-1;. The molecule has 0 atom stereocenters. The molecule has 0 bridgehead atoms. The summed E-state index contributed by atoms with van der Waals surface area (Å²) < 4.78 is 2.67. The Balaban J connectivity index is 0.000000187. The molecule has 0 amide bonds. The monoisotopic (exact) mass is 697 g/mol. The van der Waals surface area contributed by atoms with Gasteiger partial charge in [0.15, 0.2) is 0 Å². The van der Waals surface area contributed by atoms with Gasteiger partial charge in [0.05, 0.1) is 0 Å². The number of hydrogen-bond donors (Lipinski definition) is 0. The molecule has 3 aromatic heterocycles. The first kappa shape index (κ1) is 26.6. The quantitative estimate of drug-likeness (QED) is 0.172. The van der Waals surface area contributed by atoms with E-state index in [-0.39, 0.29) is 20.1 Å². The first-order valence-corrected chi connectivity index (χ1v) is 13.3. The molecule has 7 rings (SSSR count). The fourth-order valence-electron chi connectivity index (χ4n) is 4.53. The van der Waals surface area contributed by atoms with Gasteiger partial charge in [-0.25, -0.2) is 0 Å². The minimum atomic E-state index is 0. The Morgan fingerprint density at radius 2 is 1.26 bits per heavy atom. The van der Waals surface area contributed by atoms with E-state index in [4.69, 9.17) is 0 Å². The number of nitrogens with zero attached hydrogens (tertiary/aromatic N) is 2. The predicted molar refractivity (Wildman–Crippen MR) is 160 cm³/mol. The fraction of sp³-hybridized carbons (Fsp3) is 0.0286. The van der Waals surface area contributed by atoms with Gasteiger partial charge in [0, 0.05) is 52.7 Å². The van der Waals surface area contributed by atoms with Crippen molar-refractivity contribution in [1.29, 1.82) is 0 Å². The van der Waals surface area contributed by atoms with E-state index in [0.29, 0.717) is 0 Å². The van der Waals surface area contributed by atoms with Crippen LogP contribution in [0, 0.1) is 19.1 Å². The minimum absolute atomic E-state index is 0. The number of aryl methyl sites for hydroxylation is 1. The van der Waals surface area contributed by atoms with Crippen LogP contribution in [0.5, 0.6) is 0 Å². The summed E-state index contributed by atoms with van der Waals surface area (Å²) >= 11 is 1.86. The van der Waals surface area contributed by atoms with Gasteiger partial charge in [-0.2, -0.15) is 0 Å². The van der Waals surface area contributed by atoms with Crippen molar-refractivity contribution in [1.82, 2.24) is 9.97 Å². The fourth-order valence-corrected chi connectivity index (χ4v) is 5.77. The molecule has 4 heteroatoms. The van der Waals surface area contributed by atoms with Crippen LogP contribution in [0.1, 0.15) is 5.56 Å². The first-order valence-electron chi connectivity index (χ1n) is 12.5. The van der Waals surface area contributed by atoms with Crippen molar-refractivity contribution in [2.24, 2.45) is 0 Å². The average Bonchev–Trinajstić information content (AvgIpc) is 3.38. The van der Waals surface area contributed by atoms with Crippen molar-refractivity contribution in [3.8, 4) is 33.6 Å². The number of thiophene rings is 1. The number of aromatic nitrogens is 2. The molecule has 0 unspecified atom stereocenters. The molecule has 0 saturated carbocycles. The van der Waals surface area contributed by atoms with Crippen molar-refractivity contribution in [2.75, 3.05) is 0 Å². The molecule has 7 aromatic rings. The van der Waals surface area contributed by atoms with Crippen LogP contribution in [-0.4, -0.2) is 9.97 Å². The van der Waals surface area contributed by atoms with Crippen LogP contribution in [0.15, 0.2) is 128 Å². The first-order chi connectivity index (χ1) is 18.8. The molecule has 2 nitrogen and oxygen atoms in total. The second-order valence-electron chi connectivity index (χ2n) is 8.98. The Morgan fingerprint density at radius 1 is 0.615 bits per heavy atom. The summed E-state index contributed by atoms with van der Waals surface area (Å²) in [5, 5.41) is 2.65. The van der Waals surface area contributed by atoms with Gasteiger partial charge >= 0.3 is 0 Å². The van der Waals surface area contributed by atoms with Gasteiger partial charge in [0.1, 0.15) is 0 Å². The molecule has 39 heavy (non-hydrogen) atoms. The van der Waals surface area contributed by atoms with E-state index in [0.717, 1.165) is 22.5 Å². The van der Waals surface area contributed by atoms with Crippen LogP contribution in [-0.2, 0) is 20.1 Å². The molecule has 0 fully saturated rings. The van der Waals surface area contributed by atoms with E-state index >= 15 is 0 Å². The van der Waals surface area contributed by atoms with Crippen LogP contribution in [0.4, 0.5) is 0 Å². The van der Waals surface area contributed by atoms with Gasteiger partial charge in [0.2, 0.25) is 0 Å². The number of rotatable bonds is 3. The van der Waals surface area contributed by atoms with Gasteiger partial charge < -0.3 is 9.97 Å². The minimum Gasteiger partial charge on any atom is -0.305 e. The van der Waals surface area contributed by atoms with E-state index in [2.05, 4.69) is 89.7 Å². The van der Waals surface area contributed by atoms with Crippen LogP contribution < -0.4 is 0 Å². The number of fused-ring (bicyclic) bond motifs is 3. The molecule has 0 saturated heterocycles. The van der Waals surface area contributed by atoms with E-state index in [1.165, 1.54) is 36.9 Å². The molecule has 1 radical (unpaired) electrons.